The third-order valence-corrected chi connectivity index (χ3v) is 4.90. The second kappa shape index (κ2) is 9.61. The van der Waals surface area contributed by atoms with E-state index in [0.717, 1.165) is 12.0 Å². The predicted molar refractivity (Wildman–Crippen MR) is 109 cm³/mol. The summed E-state index contributed by atoms with van der Waals surface area (Å²) in [6.07, 6.45) is 0.948. The zero-order chi connectivity index (χ0) is 20.6. The molecule has 0 spiro atoms. The van der Waals surface area contributed by atoms with E-state index in [9.17, 15) is 14.4 Å². The lowest BCUT2D eigenvalue weighted by molar-refractivity contribution is -0.125. The Kier molecular flexibility index (Phi) is 6.70. The number of nitrogens with one attached hydrogen (secondary N) is 2. The number of hydrazine groups is 1. The van der Waals surface area contributed by atoms with Crippen molar-refractivity contribution in [2.75, 3.05) is 6.61 Å². The summed E-state index contributed by atoms with van der Waals surface area (Å²) in [5.41, 5.74) is 7.10. The van der Waals surface area contributed by atoms with Gasteiger partial charge < -0.3 is 4.74 Å². The normalized spacial score (nSPS) is 10.2. The Morgan fingerprint density at radius 1 is 1.00 bits per heavy atom. The number of hydrogen-bond acceptors (Lipinski definition) is 6. The topological polar surface area (TPSA) is 97.4 Å². The first-order valence-electron chi connectivity index (χ1n) is 8.93. The summed E-state index contributed by atoms with van der Waals surface area (Å²) in [5, 5.41) is 2.28. The molecule has 0 aliphatic heterocycles. The van der Waals surface area contributed by atoms with Gasteiger partial charge in [-0.3, -0.25) is 20.4 Å². The lowest BCUT2D eigenvalue weighted by Gasteiger charge is -2.07. The number of rotatable bonds is 6. The molecule has 7 nitrogen and oxygen atoms in total. The Morgan fingerprint density at radius 3 is 2.41 bits per heavy atom. The van der Waals surface area contributed by atoms with Crippen molar-refractivity contribution in [2.24, 2.45) is 0 Å². The smallest absolute Gasteiger partial charge is 0.358 e. The molecule has 8 heteroatoms. The van der Waals surface area contributed by atoms with Gasteiger partial charge in [0.05, 0.1) is 0 Å². The van der Waals surface area contributed by atoms with E-state index in [1.807, 2.05) is 24.3 Å². The third-order valence-electron chi connectivity index (χ3n) is 4.01. The molecule has 0 saturated heterocycles. The molecule has 148 valence electrons. The van der Waals surface area contributed by atoms with Crippen molar-refractivity contribution >= 4 is 29.1 Å². The highest BCUT2D eigenvalue weighted by molar-refractivity contribution is 7.13. The minimum Gasteiger partial charge on any atom is -0.451 e. The van der Waals surface area contributed by atoms with E-state index < -0.39 is 24.4 Å². The van der Waals surface area contributed by atoms with Gasteiger partial charge in [-0.2, -0.15) is 0 Å². The van der Waals surface area contributed by atoms with Crippen LogP contribution in [0, 0.1) is 0 Å². The number of esters is 1. The van der Waals surface area contributed by atoms with Gasteiger partial charge in [0.2, 0.25) is 0 Å². The van der Waals surface area contributed by atoms with E-state index >= 15 is 0 Å². The second-order valence-corrected chi connectivity index (χ2v) is 6.89. The van der Waals surface area contributed by atoms with Gasteiger partial charge in [-0.25, -0.2) is 9.78 Å². The van der Waals surface area contributed by atoms with Crippen LogP contribution in [0.4, 0.5) is 0 Å². The Balaban J connectivity index is 1.48. The summed E-state index contributed by atoms with van der Waals surface area (Å²) in [4.78, 5) is 40.0. The molecular weight excluding hydrogens is 390 g/mol. The monoisotopic (exact) mass is 409 g/mol. The van der Waals surface area contributed by atoms with E-state index in [2.05, 4.69) is 22.8 Å². The Hall–Kier alpha value is -3.52. The van der Waals surface area contributed by atoms with E-state index in [0.29, 0.717) is 10.6 Å². The van der Waals surface area contributed by atoms with Crippen LogP contribution in [0.3, 0.4) is 0 Å². The summed E-state index contributed by atoms with van der Waals surface area (Å²) in [7, 11) is 0. The van der Waals surface area contributed by atoms with Crippen molar-refractivity contribution in [1.82, 2.24) is 15.8 Å². The first-order valence-corrected chi connectivity index (χ1v) is 9.81. The molecule has 2 amide bonds. The zero-order valence-electron chi connectivity index (χ0n) is 15.7. The van der Waals surface area contributed by atoms with Gasteiger partial charge in [0, 0.05) is 16.5 Å². The minimum atomic E-state index is -0.706. The average molecular weight is 409 g/mol. The van der Waals surface area contributed by atoms with E-state index in [-0.39, 0.29) is 5.69 Å². The number of carbonyl (C=O) groups excluding carboxylic acids is 3. The molecule has 0 bridgehead atoms. The van der Waals surface area contributed by atoms with Crippen LogP contribution in [0.25, 0.3) is 10.6 Å². The number of ether oxygens (including phenoxy) is 1. The van der Waals surface area contributed by atoms with E-state index in [4.69, 9.17) is 4.74 Å². The standard InChI is InChI=1S/C21H19N3O4S/c1-2-14-8-10-16(11-9-14)20-22-17(13-29-20)21(27)28-12-18(25)23-24-19(26)15-6-4-3-5-7-15/h3-11,13H,2,12H2,1H3,(H,23,25)(H,24,26). The Morgan fingerprint density at radius 2 is 1.72 bits per heavy atom. The molecule has 0 aliphatic rings. The summed E-state index contributed by atoms with van der Waals surface area (Å²) in [6.45, 7) is 1.54. The van der Waals surface area contributed by atoms with Crippen molar-refractivity contribution in [2.45, 2.75) is 13.3 Å². The molecule has 0 saturated carbocycles. The molecule has 3 aromatic rings. The quantitative estimate of drug-likeness (QED) is 0.482. The number of amides is 2. The van der Waals surface area contributed by atoms with Crippen molar-refractivity contribution in [3.05, 3.63) is 76.8 Å². The summed E-state index contributed by atoms with van der Waals surface area (Å²) < 4.78 is 4.96. The van der Waals surface area contributed by atoms with Crippen LogP contribution >= 0.6 is 11.3 Å². The van der Waals surface area contributed by atoms with Crippen LogP contribution < -0.4 is 10.9 Å². The number of carbonyl (C=O) groups is 3. The maximum Gasteiger partial charge on any atom is 0.358 e. The van der Waals surface area contributed by atoms with Gasteiger partial charge in [-0.15, -0.1) is 11.3 Å². The number of thiazole rings is 1. The highest BCUT2D eigenvalue weighted by atomic mass is 32.1. The molecule has 29 heavy (non-hydrogen) atoms. The average Bonchev–Trinajstić information content (AvgIpc) is 3.27. The van der Waals surface area contributed by atoms with Crippen molar-refractivity contribution in [3.63, 3.8) is 0 Å². The first-order chi connectivity index (χ1) is 14.1. The summed E-state index contributed by atoms with van der Waals surface area (Å²) in [5.74, 6) is -1.83. The molecular formula is C21H19N3O4S. The molecule has 0 unspecified atom stereocenters. The van der Waals surface area contributed by atoms with Gasteiger partial charge in [-0.05, 0) is 24.1 Å². The molecule has 0 fully saturated rings. The molecule has 1 heterocycles. The summed E-state index contributed by atoms with van der Waals surface area (Å²) >= 11 is 1.32. The summed E-state index contributed by atoms with van der Waals surface area (Å²) in [6, 6.07) is 16.3. The van der Waals surface area contributed by atoms with Gasteiger partial charge in [0.1, 0.15) is 5.01 Å². The molecule has 1 aromatic heterocycles. The molecule has 2 N–H and O–H groups in total. The van der Waals surface area contributed by atoms with Crippen molar-refractivity contribution < 1.29 is 19.1 Å². The molecule has 2 aromatic carbocycles. The molecule has 0 aliphatic carbocycles. The van der Waals surface area contributed by atoms with Crippen LogP contribution in [0.5, 0.6) is 0 Å². The van der Waals surface area contributed by atoms with Crippen LogP contribution in [-0.2, 0) is 16.0 Å². The molecule has 0 atom stereocenters. The molecule has 0 radical (unpaired) electrons. The Bertz CT molecular complexity index is 1000. The number of nitrogens with zero attached hydrogens (tertiary/aromatic N) is 1. The maximum absolute atomic E-state index is 12.1. The number of aryl methyl sites for hydroxylation is 1. The zero-order valence-corrected chi connectivity index (χ0v) is 16.5. The fraction of sp³-hybridized carbons (Fsp3) is 0.143. The van der Waals surface area contributed by atoms with Gasteiger partial charge in [0.15, 0.2) is 12.3 Å². The van der Waals surface area contributed by atoms with Crippen LogP contribution in [0.2, 0.25) is 0 Å². The fourth-order valence-corrected chi connectivity index (χ4v) is 3.21. The van der Waals surface area contributed by atoms with Crippen LogP contribution in [-0.4, -0.2) is 29.4 Å². The van der Waals surface area contributed by atoms with Crippen molar-refractivity contribution in [3.8, 4) is 10.6 Å². The largest absolute Gasteiger partial charge is 0.451 e. The fourth-order valence-electron chi connectivity index (χ4n) is 2.41. The van der Waals surface area contributed by atoms with Gasteiger partial charge in [-0.1, -0.05) is 49.4 Å². The van der Waals surface area contributed by atoms with Gasteiger partial charge >= 0.3 is 5.97 Å². The predicted octanol–water partition coefficient (Wildman–Crippen LogP) is 2.99. The first kappa shape index (κ1) is 20.2. The number of benzene rings is 2. The number of hydrogen-bond donors (Lipinski definition) is 2. The SMILES string of the molecule is CCc1ccc(-c2nc(C(=O)OCC(=O)NNC(=O)c3ccccc3)cs2)cc1. The maximum atomic E-state index is 12.1. The lowest BCUT2D eigenvalue weighted by Crippen LogP contribution is -2.43. The molecule has 3 rings (SSSR count). The highest BCUT2D eigenvalue weighted by Gasteiger charge is 2.15. The van der Waals surface area contributed by atoms with Gasteiger partial charge in [0.25, 0.3) is 11.8 Å². The Labute approximate surface area is 171 Å². The van der Waals surface area contributed by atoms with Crippen molar-refractivity contribution in [1.29, 1.82) is 0 Å². The van der Waals surface area contributed by atoms with Crippen LogP contribution in [0.1, 0.15) is 33.3 Å². The lowest BCUT2D eigenvalue weighted by atomic mass is 10.1. The van der Waals surface area contributed by atoms with Crippen LogP contribution in [0.15, 0.2) is 60.0 Å². The number of aromatic nitrogens is 1. The second-order valence-electron chi connectivity index (χ2n) is 6.03. The third kappa shape index (κ3) is 5.49. The van der Waals surface area contributed by atoms with E-state index in [1.165, 1.54) is 16.9 Å². The van der Waals surface area contributed by atoms with E-state index in [1.54, 1.807) is 35.7 Å². The highest BCUT2D eigenvalue weighted by Crippen LogP contribution is 2.24. The minimum absolute atomic E-state index is 0.130.